The smallest absolute Gasteiger partial charge is 0.268 e. The van der Waals surface area contributed by atoms with Crippen molar-refractivity contribution >= 4 is 40.8 Å². The molecule has 0 radical (unpaired) electrons. The van der Waals surface area contributed by atoms with E-state index in [4.69, 9.17) is 16.3 Å². The summed E-state index contributed by atoms with van der Waals surface area (Å²) in [5, 5.41) is 0.637. The Kier molecular flexibility index (Phi) is 6.49. The van der Waals surface area contributed by atoms with Gasteiger partial charge in [-0.3, -0.25) is 14.5 Å². The molecule has 0 spiro atoms. The molecule has 1 fully saturated rings. The number of benzene rings is 2. The third kappa shape index (κ3) is 4.28. The molecular weight excluding hydrogens is 418 g/mol. The van der Waals surface area contributed by atoms with E-state index in [0.717, 1.165) is 48.3 Å². The minimum atomic E-state index is -0.187. The summed E-state index contributed by atoms with van der Waals surface area (Å²) in [6.07, 6.45) is 5.04. The molecule has 1 aliphatic carbocycles. The Morgan fingerprint density at radius 1 is 0.967 bits per heavy atom. The first kappa shape index (κ1) is 21.0. The van der Waals surface area contributed by atoms with E-state index in [1.54, 1.807) is 12.1 Å². The number of carbonyl (C=O) groups is 2. The summed E-state index contributed by atoms with van der Waals surface area (Å²) in [5.41, 5.74) is 1.22. The molecule has 2 aromatic carbocycles. The maximum atomic E-state index is 13.5. The molecule has 30 heavy (non-hydrogen) atoms. The van der Waals surface area contributed by atoms with Crippen LogP contribution in [-0.4, -0.2) is 29.4 Å². The third-order valence-corrected chi connectivity index (χ3v) is 6.84. The van der Waals surface area contributed by atoms with E-state index < -0.39 is 0 Å². The second-order valence-electron chi connectivity index (χ2n) is 7.49. The van der Waals surface area contributed by atoms with Crippen LogP contribution in [0.15, 0.2) is 58.3 Å². The van der Waals surface area contributed by atoms with Gasteiger partial charge in [0, 0.05) is 16.0 Å². The highest BCUT2D eigenvalue weighted by Crippen LogP contribution is 2.42. The molecule has 4 rings (SSSR count). The topological polar surface area (TPSA) is 46.6 Å². The largest absolute Gasteiger partial charge is 0.494 e. The molecule has 2 amide bonds. The molecular formula is C24H24ClNO3S. The maximum absolute atomic E-state index is 13.5. The van der Waals surface area contributed by atoms with Crippen molar-refractivity contribution in [2.24, 2.45) is 0 Å². The Balaban J connectivity index is 1.72. The molecule has 1 aliphatic heterocycles. The Morgan fingerprint density at radius 2 is 1.63 bits per heavy atom. The van der Waals surface area contributed by atoms with E-state index in [1.807, 2.05) is 43.3 Å². The fourth-order valence-electron chi connectivity index (χ4n) is 4.05. The Bertz CT molecular complexity index is 963. The van der Waals surface area contributed by atoms with Crippen molar-refractivity contribution in [3.8, 4) is 5.75 Å². The summed E-state index contributed by atoms with van der Waals surface area (Å²) in [5.74, 6) is 0.373. The fraction of sp³-hybridized carbons (Fsp3) is 0.333. The second kappa shape index (κ2) is 9.27. The summed E-state index contributed by atoms with van der Waals surface area (Å²) in [6, 6.07) is 14.7. The van der Waals surface area contributed by atoms with Gasteiger partial charge in [-0.1, -0.05) is 54.8 Å². The molecule has 6 heteroatoms. The predicted octanol–water partition coefficient (Wildman–Crippen LogP) is 5.94. The average molecular weight is 442 g/mol. The second-order valence-corrected chi connectivity index (χ2v) is 9.01. The SMILES string of the molecule is CCOc1ccc(C2=C(Sc3ccc(Cl)cc3)C(=O)N(C3CCCCC3)C2=O)cc1. The Labute approximate surface area is 186 Å². The van der Waals surface area contributed by atoms with Crippen LogP contribution in [0, 0.1) is 0 Å². The molecule has 1 heterocycles. The van der Waals surface area contributed by atoms with Crippen LogP contribution in [-0.2, 0) is 9.59 Å². The third-order valence-electron chi connectivity index (χ3n) is 5.50. The van der Waals surface area contributed by atoms with Crippen LogP contribution in [0.1, 0.15) is 44.6 Å². The van der Waals surface area contributed by atoms with Crippen LogP contribution < -0.4 is 4.74 Å². The molecule has 0 bridgehead atoms. The molecule has 0 N–H and O–H groups in total. The lowest BCUT2D eigenvalue weighted by molar-refractivity contribution is -0.139. The van der Waals surface area contributed by atoms with Crippen LogP contribution in [0.2, 0.25) is 5.02 Å². The van der Waals surface area contributed by atoms with E-state index in [0.29, 0.717) is 22.1 Å². The standard InChI is InChI=1S/C24H24ClNO3S/c1-2-29-19-12-8-16(9-13-19)21-22(30-20-14-10-17(25)11-15-20)24(28)26(23(21)27)18-6-4-3-5-7-18/h8-15,18H,2-7H2,1H3. The van der Waals surface area contributed by atoms with E-state index in [2.05, 4.69) is 0 Å². The molecule has 1 saturated carbocycles. The molecule has 156 valence electrons. The van der Waals surface area contributed by atoms with Crippen molar-refractivity contribution in [2.75, 3.05) is 6.61 Å². The van der Waals surface area contributed by atoms with E-state index in [9.17, 15) is 9.59 Å². The van der Waals surface area contributed by atoms with Gasteiger partial charge in [0.25, 0.3) is 11.8 Å². The van der Waals surface area contributed by atoms with Gasteiger partial charge in [0.2, 0.25) is 0 Å². The molecule has 4 nitrogen and oxygen atoms in total. The molecule has 2 aliphatic rings. The van der Waals surface area contributed by atoms with E-state index in [1.165, 1.54) is 16.7 Å². The zero-order valence-electron chi connectivity index (χ0n) is 16.9. The zero-order valence-corrected chi connectivity index (χ0v) is 18.5. The summed E-state index contributed by atoms with van der Waals surface area (Å²) < 4.78 is 5.53. The van der Waals surface area contributed by atoms with Gasteiger partial charge in [0.1, 0.15) is 5.75 Å². The highest BCUT2D eigenvalue weighted by atomic mass is 35.5. The van der Waals surface area contributed by atoms with Gasteiger partial charge in [0.05, 0.1) is 17.1 Å². The number of hydrogen-bond acceptors (Lipinski definition) is 4. The van der Waals surface area contributed by atoms with Gasteiger partial charge in [-0.2, -0.15) is 0 Å². The summed E-state index contributed by atoms with van der Waals surface area (Å²) in [4.78, 5) is 29.7. The minimum absolute atomic E-state index is 0.0141. The number of ether oxygens (including phenoxy) is 1. The normalized spacial score (nSPS) is 17.7. The van der Waals surface area contributed by atoms with E-state index in [-0.39, 0.29) is 17.9 Å². The van der Waals surface area contributed by atoms with E-state index >= 15 is 0 Å². The number of thioether (sulfide) groups is 1. The van der Waals surface area contributed by atoms with Gasteiger partial charge in [-0.05, 0) is 61.7 Å². The average Bonchev–Trinajstić information content (AvgIpc) is 3.01. The predicted molar refractivity (Wildman–Crippen MR) is 121 cm³/mol. The zero-order chi connectivity index (χ0) is 21.1. The number of halogens is 1. The van der Waals surface area contributed by atoms with Crippen molar-refractivity contribution in [2.45, 2.75) is 50.0 Å². The van der Waals surface area contributed by atoms with Crippen molar-refractivity contribution in [3.05, 3.63) is 64.0 Å². The van der Waals surface area contributed by atoms with Crippen molar-refractivity contribution in [1.29, 1.82) is 0 Å². The van der Waals surface area contributed by atoms with Crippen molar-refractivity contribution < 1.29 is 14.3 Å². The molecule has 0 aromatic heterocycles. The summed E-state index contributed by atoms with van der Waals surface area (Å²) in [6.45, 7) is 2.51. The number of rotatable bonds is 6. The summed E-state index contributed by atoms with van der Waals surface area (Å²) >= 11 is 7.34. The van der Waals surface area contributed by atoms with Crippen LogP contribution in [0.25, 0.3) is 5.57 Å². The lowest BCUT2D eigenvalue weighted by Gasteiger charge is -2.29. The molecule has 2 aromatic rings. The number of nitrogens with zero attached hydrogens (tertiary/aromatic N) is 1. The van der Waals surface area contributed by atoms with Gasteiger partial charge in [-0.15, -0.1) is 0 Å². The van der Waals surface area contributed by atoms with Crippen LogP contribution in [0.5, 0.6) is 5.75 Å². The van der Waals surface area contributed by atoms with Crippen molar-refractivity contribution in [3.63, 3.8) is 0 Å². The van der Waals surface area contributed by atoms with Gasteiger partial charge in [-0.25, -0.2) is 0 Å². The van der Waals surface area contributed by atoms with Crippen LogP contribution >= 0.6 is 23.4 Å². The lowest BCUT2D eigenvalue weighted by atomic mass is 9.94. The van der Waals surface area contributed by atoms with Crippen LogP contribution in [0.4, 0.5) is 0 Å². The lowest BCUT2D eigenvalue weighted by Crippen LogP contribution is -2.42. The molecule has 0 unspecified atom stereocenters. The Hall–Kier alpha value is -2.24. The number of amides is 2. The Morgan fingerprint density at radius 3 is 2.27 bits per heavy atom. The van der Waals surface area contributed by atoms with Crippen LogP contribution in [0.3, 0.4) is 0 Å². The van der Waals surface area contributed by atoms with Gasteiger partial charge < -0.3 is 4.74 Å². The molecule has 0 saturated heterocycles. The highest BCUT2D eigenvalue weighted by Gasteiger charge is 2.43. The highest BCUT2D eigenvalue weighted by molar-refractivity contribution is 8.04. The quantitative estimate of drug-likeness (QED) is 0.520. The number of hydrogen-bond donors (Lipinski definition) is 0. The minimum Gasteiger partial charge on any atom is -0.494 e. The summed E-state index contributed by atoms with van der Waals surface area (Å²) in [7, 11) is 0. The first-order chi connectivity index (χ1) is 14.6. The maximum Gasteiger partial charge on any atom is 0.268 e. The van der Waals surface area contributed by atoms with Crippen molar-refractivity contribution in [1.82, 2.24) is 4.90 Å². The first-order valence-corrected chi connectivity index (χ1v) is 11.6. The first-order valence-electron chi connectivity index (χ1n) is 10.4. The number of carbonyl (C=O) groups excluding carboxylic acids is 2. The molecule has 0 atom stereocenters. The fourth-order valence-corrected chi connectivity index (χ4v) is 5.18. The number of imide groups is 1. The van der Waals surface area contributed by atoms with Gasteiger partial charge in [0.15, 0.2) is 0 Å². The monoisotopic (exact) mass is 441 g/mol. The van der Waals surface area contributed by atoms with Gasteiger partial charge >= 0.3 is 0 Å².